The van der Waals surface area contributed by atoms with E-state index in [0.29, 0.717) is 5.92 Å². The quantitative estimate of drug-likeness (QED) is 0.705. The fourth-order valence-electron chi connectivity index (χ4n) is 3.10. The lowest BCUT2D eigenvalue weighted by Gasteiger charge is -2.23. The minimum atomic E-state index is -0.0447. The highest BCUT2D eigenvalue weighted by Gasteiger charge is 2.20. The Bertz CT molecular complexity index is 827. The molecule has 102 valence electrons. The van der Waals surface area contributed by atoms with Gasteiger partial charge in [0.15, 0.2) is 0 Å². The van der Waals surface area contributed by atoms with E-state index in [1.165, 1.54) is 0 Å². The maximum absolute atomic E-state index is 12.0. The summed E-state index contributed by atoms with van der Waals surface area (Å²) in [5.41, 5.74) is 2.71. The fourth-order valence-corrected chi connectivity index (χ4v) is 3.10. The lowest BCUT2D eigenvalue weighted by Crippen LogP contribution is -2.28. The molecule has 1 aromatic carbocycles. The van der Waals surface area contributed by atoms with E-state index < -0.39 is 0 Å². The molecule has 2 aromatic heterocycles. The Morgan fingerprint density at radius 2 is 2.00 bits per heavy atom. The number of piperidine rings is 1. The maximum atomic E-state index is 12.0. The molecule has 0 amide bonds. The molecule has 4 rings (SSSR count). The number of hydrogen-bond acceptors (Lipinski definition) is 3. The average molecular weight is 268 g/mol. The zero-order chi connectivity index (χ0) is 13.5. The Labute approximate surface area is 115 Å². The lowest BCUT2D eigenvalue weighted by atomic mass is 9.94. The second kappa shape index (κ2) is 4.45. The second-order valence-electron chi connectivity index (χ2n) is 5.36. The van der Waals surface area contributed by atoms with Crippen LogP contribution in [0.3, 0.4) is 0 Å². The van der Waals surface area contributed by atoms with Crippen molar-refractivity contribution in [3.05, 3.63) is 46.4 Å². The Hall–Kier alpha value is -2.14. The molecule has 1 aliphatic heterocycles. The summed E-state index contributed by atoms with van der Waals surface area (Å²) in [6.07, 6.45) is 2.10. The van der Waals surface area contributed by atoms with Crippen molar-refractivity contribution < 1.29 is 0 Å². The lowest BCUT2D eigenvalue weighted by molar-refractivity contribution is 0.446. The van der Waals surface area contributed by atoms with Gasteiger partial charge < -0.3 is 10.3 Å². The molecule has 2 N–H and O–H groups in total. The van der Waals surface area contributed by atoms with E-state index in [2.05, 4.69) is 15.4 Å². The Balaban J connectivity index is 2.02. The van der Waals surface area contributed by atoms with Crippen LogP contribution in [0.1, 0.15) is 24.5 Å². The molecule has 5 nitrogen and oxygen atoms in total. The van der Waals surface area contributed by atoms with Gasteiger partial charge in [-0.05, 0) is 38.1 Å². The summed E-state index contributed by atoms with van der Waals surface area (Å²) < 4.78 is 1.92. The van der Waals surface area contributed by atoms with Crippen molar-refractivity contribution in [3.63, 3.8) is 0 Å². The van der Waals surface area contributed by atoms with Crippen LogP contribution >= 0.6 is 0 Å². The number of aromatic amines is 1. The van der Waals surface area contributed by atoms with Crippen LogP contribution < -0.4 is 10.9 Å². The van der Waals surface area contributed by atoms with Crippen LogP contribution in [0.15, 0.2) is 35.1 Å². The average Bonchev–Trinajstić information content (AvgIpc) is 2.86. The molecule has 0 spiro atoms. The van der Waals surface area contributed by atoms with Crippen molar-refractivity contribution in [2.45, 2.75) is 18.8 Å². The van der Waals surface area contributed by atoms with Crippen LogP contribution in [0.25, 0.3) is 16.6 Å². The van der Waals surface area contributed by atoms with Gasteiger partial charge in [0.05, 0.1) is 11.2 Å². The number of rotatable bonds is 1. The topological polar surface area (TPSA) is 62.2 Å². The van der Waals surface area contributed by atoms with Gasteiger partial charge in [0, 0.05) is 17.4 Å². The number of hydrogen-bond donors (Lipinski definition) is 2. The van der Waals surface area contributed by atoms with Crippen molar-refractivity contribution in [1.82, 2.24) is 19.9 Å². The molecule has 0 saturated carbocycles. The number of nitrogens with one attached hydrogen (secondary N) is 2. The summed E-state index contributed by atoms with van der Waals surface area (Å²) in [6.45, 7) is 2.00. The summed E-state index contributed by atoms with van der Waals surface area (Å²) in [4.78, 5) is 14.9. The normalized spacial score (nSPS) is 17.0. The molecule has 1 aliphatic rings. The molecule has 0 unspecified atom stereocenters. The van der Waals surface area contributed by atoms with Crippen molar-refractivity contribution in [1.29, 1.82) is 0 Å². The van der Waals surface area contributed by atoms with Gasteiger partial charge in [-0.2, -0.15) is 5.10 Å². The van der Waals surface area contributed by atoms with E-state index >= 15 is 0 Å². The minimum Gasteiger partial charge on any atom is -0.317 e. The van der Waals surface area contributed by atoms with Gasteiger partial charge in [-0.1, -0.05) is 12.1 Å². The van der Waals surface area contributed by atoms with Crippen molar-refractivity contribution in [2.75, 3.05) is 13.1 Å². The van der Waals surface area contributed by atoms with Gasteiger partial charge >= 0.3 is 0 Å². The predicted molar refractivity (Wildman–Crippen MR) is 78.2 cm³/mol. The Morgan fingerprint density at radius 1 is 1.20 bits per heavy atom. The number of aromatic nitrogens is 3. The maximum Gasteiger partial charge on any atom is 0.251 e. The molecule has 0 radical (unpaired) electrons. The fraction of sp³-hybridized carbons (Fsp3) is 0.333. The number of fused-ring (bicyclic) bond motifs is 3. The Kier molecular flexibility index (Phi) is 2.60. The van der Waals surface area contributed by atoms with Crippen molar-refractivity contribution in [3.8, 4) is 0 Å². The molecule has 3 aromatic rings. The summed E-state index contributed by atoms with van der Waals surface area (Å²) >= 11 is 0. The first kappa shape index (κ1) is 11.7. The van der Waals surface area contributed by atoms with Crippen LogP contribution in [0.2, 0.25) is 0 Å². The van der Waals surface area contributed by atoms with Gasteiger partial charge in [-0.15, -0.1) is 0 Å². The third-order valence-electron chi connectivity index (χ3n) is 4.10. The van der Waals surface area contributed by atoms with E-state index in [9.17, 15) is 4.79 Å². The Morgan fingerprint density at radius 3 is 2.85 bits per heavy atom. The highest BCUT2D eigenvalue weighted by atomic mass is 16.1. The minimum absolute atomic E-state index is 0.0447. The summed E-state index contributed by atoms with van der Waals surface area (Å²) in [7, 11) is 0. The van der Waals surface area contributed by atoms with Crippen molar-refractivity contribution in [2.24, 2.45) is 0 Å². The summed E-state index contributed by atoms with van der Waals surface area (Å²) in [5.74, 6) is 0.398. The first-order chi connectivity index (χ1) is 9.83. The van der Waals surface area contributed by atoms with Crippen LogP contribution in [-0.4, -0.2) is 27.7 Å². The third kappa shape index (κ3) is 1.74. The first-order valence-corrected chi connectivity index (χ1v) is 7.04. The molecule has 0 aliphatic carbocycles. The first-order valence-electron chi connectivity index (χ1n) is 7.04. The van der Waals surface area contributed by atoms with Crippen LogP contribution in [-0.2, 0) is 0 Å². The monoisotopic (exact) mass is 268 g/mol. The second-order valence-corrected chi connectivity index (χ2v) is 5.36. The SMILES string of the molecule is O=c1cc(C2CCNCC2)n2nc3ccccc3c2[nH]1. The van der Waals surface area contributed by atoms with E-state index in [1.807, 2.05) is 28.8 Å². The van der Waals surface area contributed by atoms with E-state index in [0.717, 1.165) is 48.2 Å². The van der Waals surface area contributed by atoms with Crippen LogP contribution in [0.4, 0.5) is 0 Å². The molecule has 0 bridgehead atoms. The highest BCUT2D eigenvalue weighted by molar-refractivity contribution is 5.91. The molecule has 5 heteroatoms. The smallest absolute Gasteiger partial charge is 0.251 e. The third-order valence-corrected chi connectivity index (χ3v) is 4.10. The largest absolute Gasteiger partial charge is 0.317 e. The van der Waals surface area contributed by atoms with Gasteiger partial charge in [-0.25, -0.2) is 4.52 Å². The molecular formula is C15H16N4O. The van der Waals surface area contributed by atoms with Crippen LogP contribution in [0.5, 0.6) is 0 Å². The van der Waals surface area contributed by atoms with E-state index in [1.54, 1.807) is 6.07 Å². The van der Waals surface area contributed by atoms with E-state index in [-0.39, 0.29) is 5.56 Å². The molecule has 0 atom stereocenters. The molecular weight excluding hydrogens is 252 g/mol. The molecule has 1 fully saturated rings. The van der Waals surface area contributed by atoms with Gasteiger partial charge in [0.25, 0.3) is 5.56 Å². The van der Waals surface area contributed by atoms with Gasteiger partial charge in [-0.3, -0.25) is 4.79 Å². The zero-order valence-corrected chi connectivity index (χ0v) is 11.1. The number of nitrogens with zero attached hydrogens (tertiary/aromatic N) is 2. The summed E-state index contributed by atoms with van der Waals surface area (Å²) in [6, 6.07) is 9.62. The zero-order valence-electron chi connectivity index (χ0n) is 11.1. The molecule has 1 saturated heterocycles. The molecule has 3 heterocycles. The number of H-pyrrole nitrogens is 1. The molecule has 20 heavy (non-hydrogen) atoms. The standard InChI is InChI=1S/C15H16N4O/c20-14-9-13(10-5-7-16-8-6-10)19-15(17-14)11-3-1-2-4-12(11)18-19/h1-4,9-10,16H,5-8H2,(H,17,20). The van der Waals surface area contributed by atoms with Gasteiger partial charge in [0.1, 0.15) is 5.65 Å². The predicted octanol–water partition coefficient (Wildman–Crippen LogP) is 1.64. The highest BCUT2D eigenvalue weighted by Crippen LogP contribution is 2.26. The van der Waals surface area contributed by atoms with E-state index in [4.69, 9.17) is 0 Å². The van der Waals surface area contributed by atoms with Gasteiger partial charge in [0.2, 0.25) is 0 Å². The van der Waals surface area contributed by atoms with Crippen molar-refractivity contribution >= 4 is 16.6 Å². The summed E-state index contributed by atoms with van der Waals surface area (Å²) in [5, 5.41) is 9.02. The number of benzene rings is 1. The van der Waals surface area contributed by atoms with Crippen LogP contribution in [0, 0.1) is 0 Å².